The molecule has 4 rings (SSSR count). The maximum absolute atomic E-state index is 13.4. The number of alkyl halides is 3. The molecule has 32 heavy (non-hydrogen) atoms. The van der Waals surface area contributed by atoms with Gasteiger partial charge in [-0.25, -0.2) is 14.1 Å². The second-order valence-electron chi connectivity index (χ2n) is 8.35. The van der Waals surface area contributed by atoms with E-state index in [1.165, 1.54) is 23.6 Å². The third kappa shape index (κ3) is 3.67. The average Bonchev–Trinajstić information content (AvgIpc) is 3.37. The van der Waals surface area contributed by atoms with E-state index >= 15 is 0 Å². The SMILES string of the molecule is Cc1nc(C(F)(F)F)cn1C1CC(C)N(c2cnn(-c3ccc(F)cc3)c2C(C)C)C1=O. The molecule has 0 saturated carbocycles. The predicted molar refractivity (Wildman–Crippen MR) is 110 cm³/mol. The van der Waals surface area contributed by atoms with Crippen molar-refractivity contribution in [3.8, 4) is 5.69 Å². The highest BCUT2D eigenvalue weighted by Crippen LogP contribution is 2.39. The number of aromatic nitrogens is 4. The smallest absolute Gasteiger partial charge is 0.322 e. The summed E-state index contributed by atoms with van der Waals surface area (Å²) in [5.74, 6) is -0.571. The average molecular weight is 449 g/mol. The molecule has 1 fully saturated rings. The molecule has 1 aromatic carbocycles. The molecule has 170 valence electrons. The van der Waals surface area contributed by atoms with Gasteiger partial charge < -0.3 is 9.47 Å². The molecular formula is C22H23F4N5O. The van der Waals surface area contributed by atoms with E-state index in [9.17, 15) is 22.4 Å². The number of amides is 1. The minimum Gasteiger partial charge on any atom is -0.322 e. The zero-order chi connectivity index (χ0) is 23.4. The van der Waals surface area contributed by atoms with E-state index in [-0.39, 0.29) is 29.5 Å². The first-order valence-corrected chi connectivity index (χ1v) is 10.3. The molecule has 0 bridgehead atoms. The van der Waals surface area contributed by atoms with Crippen molar-refractivity contribution in [1.29, 1.82) is 0 Å². The van der Waals surface area contributed by atoms with Gasteiger partial charge in [0.1, 0.15) is 17.7 Å². The number of rotatable bonds is 4. The van der Waals surface area contributed by atoms with Gasteiger partial charge in [0, 0.05) is 12.2 Å². The van der Waals surface area contributed by atoms with E-state index < -0.39 is 17.9 Å². The fourth-order valence-electron chi connectivity index (χ4n) is 4.30. The molecule has 3 aromatic rings. The summed E-state index contributed by atoms with van der Waals surface area (Å²) in [6.07, 6.45) is -1.76. The van der Waals surface area contributed by atoms with Crippen LogP contribution in [0.5, 0.6) is 0 Å². The molecule has 6 nitrogen and oxygen atoms in total. The summed E-state index contributed by atoms with van der Waals surface area (Å²) in [6, 6.07) is 4.82. The molecule has 2 atom stereocenters. The number of hydrogen-bond acceptors (Lipinski definition) is 3. The topological polar surface area (TPSA) is 56.0 Å². The number of benzene rings is 1. The Balaban J connectivity index is 1.73. The lowest BCUT2D eigenvalue weighted by Gasteiger charge is -2.23. The lowest BCUT2D eigenvalue weighted by Crippen LogP contribution is -2.33. The number of hydrogen-bond donors (Lipinski definition) is 0. The van der Waals surface area contributed by atoms with Gasteiger partial charge in [-0.2, -0.15) is 18.3 Å². The lowest BCUT2D eigenvalue weighted by molar-refractivity contribution is -0.141. The van der Waals surface area contributed by atoms with Gasteiger partial charge >= 0.3 is 6.18 Å². The van der Waals surface area contributed by atoms with Crippen LogP contribution in [0.3, 0.4) is 0 Å². The number of carbonyl (C=O) groups is 1. The summed E-state index contributed by atoms with van der Waals surface area (Å²) in [5, 5.41) is 4.43. The quantitative estimate of drug-likeness (QED) is 0.526. The minimum atomic E-state index is -4.58. The highest BCUT2D eigenvalue weighted by molar-refractivity contribution is 5.99. The highest BCUT2D eigenvalue weighted by atomic mass is 19.4. The maximum atomic E-state index is 13.4. The molecule has 0 radical (unpaired) electrons. The normalized spacial score (nSPS) is 19.4. The molecule has 0 N–H and O–H groups in total. The van der Waals surface area contributed by atoms with Crippen molar-refractivity contribution in [2.75, 3.05) is 4.90 Å². The third-order valence-electron chi connectivity index (χ3n) is 5.73. The molecular weight excluding hydrogens is 426 g/mol. The second-order valence-corrected chi connectivity index (χ2v) is 8.35. The number of imidazole rings is 1. The molecule has 2 unspecified atom stereocenters. The molecule has 3 heterocycles. The van der Waals surface area contributed by atoms with E-state index in [1.54, 1.807) is 27.9 Å². The minimum absolute atomic E-state index is 0.0246. The zero-order valence-corrected chi connectivity index (χ0v) is 18.1. The van der Waals surface area contributed by atoms with Crippen molar-refractivity contribution in [3.05, 3.63) is 59.7 Å². The predicted octanol–water partition coefficient (Wildman–Crippen LogP) is 5.03. The summed E-state index contributed by atoms with van der Waals surface area (Å²) in [5.41, 5.74) is 0.993. The first-order valence-electron chi connectivity index (χ1n) is 10.3. The number of nitrogens with zero attached hydrogens (tertiary/aromatic N) is 5. The summed E-state index contributed by atoms with van der Waals surface area (Å²) in [6.45, 7) is 7.23. The molecule has 1 aliphatic rings. The van der Waals surface area contributed by atoms with E-state index in [1.807, 2.05) is 20.8 Å². The molecule has 1 saturated heterocycles. The number of halogens is 4. The Bertz CT molecular complexity index is 1150. The van der Waals surface area contributed by atoms with Crippen LogP contribution in [0.4, 0.5) is 23.2 Å². The van der Waals surface area contributed by atoms with Crippen LogP contribution in [0.1, 0.15) is 56.4 Å². The summed E-state index contributed by atoms with van der Waals surface area (Å²) in [4.78, 5) is 18.6. The van der Waals surface area contributed by atoms with Crippen LogP contribution in [-0.4, -0.2) is 31.3 Å². The van der Waals surface area contributed by atoms with Gasteiger partial charge in [-0.05, 0) is 50.5 Å². The Hall–Kier alpha value is -3.17. The van der Waals surface area contributed by atoms with Gasteiger partial charge in [-0.1, -0.05) is 13.8 Å². The fourth-order valence-corrected chi connectivity index (χ4v) is 4.30. The van der Waals surface area contributed by atoms with Crippen LogP contribution in [0.25, 0.3) is 5.69 Å². The maximum Gasteiger partial charge on any atom is 0.434 e. The van der Waals surface area contributed by atoms with Crippen molar-refractivity contribution in [1.82, 2.24) is 19.3 Å². The van der Waals surface area contributed by atoms with Crippen LogP contribution < -0.4 is 4.90 Å². The van der Waals surface area contributed by atoms with E-state index in [4.69, 9.17) is 0 Å². The van der Waals surface area contributed by atoms with Crippen LogP contribution in [0.2, 0.25) is 0 Å². The van der Waals surface area contributed by atoms with Crippen molar-refractivity contribution < 1.29 is 22.4 Å². The Morgan fingerprint density at radius 3 is 2.38 bits per heavy atom. The summed E-state index contributed by atoms with van der Waals surface area (Å²) in [7, 11) is 0. The van der Waals surface area contributed by atoms with E-state index in [0.717, 1.165) is 11.9 Å². The van der Waals surface area contributed by atoms with Gasteiger partial charge in [-0.15, -0.1) is 0 Å². The molecule has 0 spiro atoms. The largest absolute Gasteiger partial charge is 0.434 e. The fraction of sp³-hybridized carbons (Fsp3) is 0.409. The number of carbonyl (C=O) groups excluding carboxylic acids is 1. The van der Waals surface area contributed by atoms with Crippen LogP contribution in [-0.2, 0) is 11.0 Å². The molecule has 1 aliphatic heterocycles. The number of anilines is 1. The van der Waals surface area contributed by atoms with Crippen molar-refractivity contribution in [3.63, 3.8) is 0 Å². The molecule has 10 heteroatoms. The Labute approximate surface area is 182 Å². The van der Waals surface area contributed by atoms with Gasteiger partial charge in [0.25, 0.3) is 5.91 Å². The van der Waals surface area contributed by atoms with Crippen molar-refractivity contribution in [2.24, 2.45) is 0 Å². The Kier molecular flexibility index (Phi) is 5.34. The van der Waals surface area contributed by atoms with E-state index in [2.05, 4.69) is 10.1 Å². The molecule has 0 aliphatic carbocycles. The van der Waals surface area contributed by atoms with Gasteiger partial charge in [0.05, 0.1) is 23.3 Å². The Morgan fingerprint density at radius 2 is 1.81 bits per heavy atom. The third-order valence-corrected chi connectivity index (χ3v) is 5.73. The highest BCUT2D eigenvalue weighted by Gasteiger charge is 2.43. The van der Waals surface area contributed by atoms with Crippen molar-refractivity contribution in [2.45, 2.75) is 58.3 Å². The van der Waals surface area contributed by atoms with Gasteiger partial charge in [0.2, 0.25) is 0 Å². The van der Waals surface area contributed by atoms with E-state index in [0.29, 0.717) is 17.8 Å². The summed E-state index contributed by atoms with van der Waals surface area (Å²) < 4.78 is 55.7. The Morgan fingerprint density at radius 1 is 1.16 bits per heavy atom. The lowest BCUT2D eigenvalue weighted by atomic mass is 10.1. The van der Waals surface area contributed by atoms with Crippen molar-refractivity contribution >= 4 is 11.6 Å². The van der Waals surface area contributed by atoms with Crippen LogP contribution in [0, 0.1) is 12.7 Å². The first kappa shape index (κ1) is 22.0. The second kappa shape index (κ2) is 7.75. The number of aryl methyl sites for hydroxylation is 1. The summed E-state index contributed by atoms with van der Waals surface area (Å²) >= 11 is 0. The van der Waals surface area contributed by atoms with Crippen LogP contribution >= 0.6 is 0 Å². The monoisotopic (exact) mass is 449 g/mol. The first-order chi connectivity index (χ1) is 15.0. The zero-order valence-electron chi connectivity index (χ0n) is 18.1. The van der Waals surface area contributed by atoms with Crippen LogP contribution in [0.15, 0.2) is 36.7 Å². The van der Waals surface area contributed by atoms with Gasteiger partial charge in [0.15, 0.2) is 5.69 Å². The van der Waals surface area contributed by atoms with Gasteiger partial charge in [-0.3, -0.25) is 4.79 Å². The molecule has 2 aromatic heterocycles. The standard InChI is InChI=1S/C22H23F4N5O/c1-12(2)20-18(10-27-31(20)16-7-5-15(23)6-8-16)30-13(3)9-17(21(30)32)29-11-19(22(24,25)26)28-14(29)4/h5-8,10-13,17H,9H2,1-4H3. The molecule has 1 amide bonds.